The number of hydrogen-bond donors (Lipinski definition) is 0. The largest absolute Gasteiger partial charge is 0.456 e. The molecular weight excluding hydrogens is 727 g/mol. The minimum absolute atomic E-state index is 0.0429. The molecule has 0 saturated carbocycles. The Morgan fingerprint density at radius 3 is 1.50 bits per heavy atom. The number of benzene rings is 9. The van der Waals surface area contributed by atoms with E-state index in [0.29, 0.717) is 0 Å². The van der Waals surface area contributed by atoms with Crippen molar-refractivity contribution in [3.63, 3.8) is 0 Å². The van der Waals surface area contributed by atoms with Crippen LogP contribution in [0, 0.1) is 0 Å². The lowest BCUT2D eigenvalue weighted by Crippen LogP contribution is -2.30. The van der Waals surface area contributed by atoms with Gasteiger partial charge in [-0.05, 0) is 115 Å². The third-order valence-electron chi connectivity index (χ3n) is 13.3. The van der Waals surface area contributed by atoms with Gasteiger partial charge in [0.05, 0.1) is 5.41 Å². The van der Waals surface area contributed by atoms with Crippen molar-refractivity contribution in [3.8, 4) is 33.4 Å². The second-order valence-corrected chi connectivity index (χ2v) is 16.9. The Bertz CT molecular complexity index is 3210. The van der Waals surface area contributed by atoms with Crippen LogP contribution in [-0.4, -0.2) is 0 Å². The molecule has 0 fully saturated rings. The third-order valence-corrected chi connectivity index (χ3v) is 13.3. The van der Waals surface area contributed by atoms with E-state index in [4.69, 9.17) is 4.42 Å². The standard InChI is InChI=1S/C58H41NO/c1-57(2)49-21-12-23-51-55(49)56-50(57)22-13-24-52(56)58(51,42-17-7-4-8-18-42)43-19-11-16-41(36-43)40-28-32-45(33-29-40)59(44-30-26-39(27-31-44)38-14-5-3-6-15-38)46-34-35-48-47-20-9-10-25-53(47)60-54(48)37-46/h3-37H,1-2H3. The van der Waals surface area contributed by atoms with E-state index in [1.165, 1.54) is 66.8 Å². The Morgan fingerprint density at radius 1 is 0.350 bits per heavy atom. The first-order chi connectivity index (χ1) is 29.5. The second kappa shape index (κ2) is 13.0. The zero-order valence-corrected chi connectivity index (χ0v) is 33.6. The van der Waals surface area contributed by atoms with E-state index >= 15 is 0 Å². The van der Waals surface area contributed by atoms with Gasteiger partial charge in [0, 0.05) is 39.3 Å². The zero-order chi connectivity index (χ0) is 40.0. The van der Waals surface area contributed by atoms with Crippen LogP contribution in [0.4, 0.5) is 17.1 Å². The molecule has 10 aromatic rings. The van der Waals surface area contributed by atoms with Gasteiger partial charge in [-0.3, -0.25) is 0 Å². The van der Waals surface area contributed by atoms with Crippen molar-refractivity contribution in [2.24, 2.45) is 0 Å². The highest BCUT2D eigenvalue weighted by Crippen LogP contribution is 2.64. The van der Waals surface area contributed by atoms with Gasteiger partial charge in [0.2, 0.25) is 0 Å². The summed E-state index contributed by atoms with van der Waals surface area (Å²) in [5, 5.41) is 2.25. The molecule has 0 saturated heterocycles. The summed E-state index contributed by atoms with van der Waals surface area (Å²) in [7, 11) is 0. The van der Waals surface area contributed by atoms with Crippen LogP contribution < -0.4 is 4.90 Å². The van der Waals surface area contributed by atoms with Crippen molar-refractivity contribution in [3.05, 3.63) is 246 Å². The maximum Gasteiger partial charge on any atom is 0.137 e. The number of nitrogens with zero attached hydrogens (tertiary/aromatic N) is 1. The van der Waals surface area contributed by atoms with E-state index in [0.717, 1.165) is 39.0 Å². The molecule has 12 rings (SSSR count). The molecule has 284 valence electrons. The van der Waals surface area contributed by atoms with Crippen LogP contribution in [0.15, 0.2) is 217 Å². The molecule has 0 radical (unpaired) electrons. The summed E-state index contributed by atoms with van der Waals surface area (Å²) in [6.07, 6.45) is 0. The lowest BCUT2D eigenvalue weighted by molar-refractivity contribution is 0.652. The fourth-order valence-electron chi connectivity index (χ4n) is 10.5. The Balaban J connectivity index is 0.979. The van der Waals surface area contributed by atoms with Crippen molar-refractivity contribution < 1.29 is 4.42 Å². The fraction of sp³-hybridized carbons (Fsp3) is 0.0690. The van der Waals surface area contributed by atoms with Crippen molar-refractivity contribution in [2.75, 3.05) is 4.90 Å². The third kappa shape index (κ3) is 4.94. The van der Waals surface area contributed by atoms with Crippen molar-refractivity contribution in [1.82, 2.24) is 0 Å². The van der Waals surface area contributed by atoms with Gasteiger partial charge in [0.25, 0.3) is 0 Å². The smallest absolute Gasteiger partial charge is 0.137 e. The summed E-state index contributed by atoms with van der Waals surface area (Å²) in [6.45, 7) is 4.76. The molecule has 9 aromatic carbocycles. The van der Waals surface area contributed by atoms with Crippen LogP contribution in [0.3, 0.4) is 0 Å². The van der Waals surface area contributed by atoms with E-state index in [9.17, 15) is 0 Å². The Kier molecular flexibility index (Phi) is 7.52. The highest BCUT2D eigenvalue weighted by atomic mass is 16.3. The van der Waals surface area contributed by atoms with Gasteiger partial charge >= 0.3 is 0 Å². The average Bonchev–Trinajstić information content (AvgIpc) is 3.92. The summed E-state index contributed by atoms with van der Waals surface area (Å²) < 4.78 is 6.40. The number of rotatable bonds is 7. The molecule has 0 atom stereocenters. The van der Waals surface area contributed by atoms with E-state index in [1.807, 2.05) is 12.1 Å². The molecule has 2 aliphatic carbocycles. The minimum Gasteiger partial charge on any atom is -0.456 e. The molecule has 2 aliphatic rings. The quantitative estimate of drug-likeness (QED) is 0.161. The van der Waals surface area contributed by atoms with Crippen LogP contribution in [0.1, 0.15) is 47.2 Å². The first kappa shape index (κ1) is 34.6. The molecule has 2 nitrogen and oxygen atoms in total. The minimum atomic E-state index is -0.442. The SMILES string of the molecule is CC1(C)c2cccc3c2-c2c1cccc2C3(c1ccccc1)c1cccc(-c2ccc(N(c3ccc(-c4ccccc4)cc3)c3ccc4c(c3)oc3ccccc34)cc2)c1. The summed E-state index contributed by atoms with van der Waals surface area (Å²) in [5.74, 6) is 0. The number of fused-ring (bicyclic) bond motifs is 3. The number of hydrogen-bond acceptors (Lipinski definition) is 2. The monoisotopic (exact) mass is 767 g/mol. The predicted molar refractivity (Wildman–Crippen MR) is 249 cm³/mol. The number of furan rings is 1. The number of para-hydroxylation sites is 1. The highest BCUT2D eigenvalue weighted by molar-refractivity contribution is 6.06. The predicted octanol–water partition coefficient (Wildman–Crippen LogP) is 15.4. The molecule has 60 heavy (non-hydrogen) atoms. The molecule has 0 N–H and O–H groups in total. The summed E-state index contributed by atoms with van der Waals surface area (Å²) in [4.78, 5) is 2.33. The Hall–Kier alpha value is -7.42. The van der Waals surface area contributed by atoms with E-state index in [2.05, 4.69) is 219 Å². The maximum absolute atomic E-state index is 6.40. The van der Waals surface area contributed by atoms with E-state index in [-0.39, 0.29) is 5.41 Å². The molecule has 0 unspecified atom stereocenters. The molecule has 0 amide bonds. The fourth-order valence-corrected chi connectivity index (χ4v) is 10.5. The average molecular weight is 768 g/mol. The number of anilines is 3. The molecule has 0 spiro atoms. The van der Waals surface area contributed by atoms with Crippen LogP contribution in [-0.2, 0) is 10.8 Å². The Labute approximate surface area is 350 Å². The van der Waals surface area contributed by atoms with Crippen LogP contribution in [0.2, 0.25) is 0 Å². The van der Waals surface area contributed by atoms with Crippen molar-refractivity contribution in [1.29, 1.82) is 0 Å². The van der Waals surface area contributed by atoms with E-state index in [1.54, 1.807) is 0 Å². The normalized spacial score (nSPS) is 14.1. The van der Waals surface area contributed by atoms with Gasteiger partial charge in [0.1, 0.15) is 11.2 Å². The molecule has 1 heterocycles. The Morgan fingerprint density at radius 2 is 0.833 bits per heavy atom. The van der Waals surface area contributed by atoms with Crippen molar-refractivity contribution in [2.45, 2.75) is 24.7 Å². The lowest BCUT2D eigenvalue weighted by atomic mass is 9.65. The zero-order valence-electron chi connectivity index (χ0n) is 33.6. The molecular formula is C58H41NO. The summed E-state index contributed by atoms with van der Waals surface area (Å²) >= 11 is 0. The van der Waals surface area contributed by atoms with Gasteiger partial charge < -0.3 is 9.32 Å². The van der Waals surface area contributed by atoms with Gasteiger partial charge in [-0.25, -0.2) is 0 Å². The first-order valence-electron chi connectivity index (χ1n) is 20.9. The van der Waals surface area contributed by atoms with Gasteiger partial charge in [-0.1, -0.05) is 172 Å². The van der Waals surface area contributed by atoms with Crippen molar-refractivity contribution >= 4 is 39.0 Å². The molecule has 0 aliphatic heterocycles. The van der Waals surface area contributed by atoms with Gasteiger partial charge in [0.15, 0.2) is 0 Å². The summed E-state index contributed by atoms with van der Waals surface area (Å²) in [6, 6.07) is 77.7. The molecule has 1 aromatic heterocycles. The molecule has 0 bridgehead atoms. The van der Waals surface area contributed by atoms with E-state index < -0.39 is 5.41 Å². The topological polar surface area (TPSA) is 16.4 Å². The van der Waals surface area contributed by atoms with Crippen LogP contribution in [0.5, 0.6) is 0 Å². The van der Waals surface area contributed by atoms with Gasteiger partial charge in [-0.2, -0.15) is 0 Å². The van der Waals surface area contributed by atoms with Crippen LogP contribution in [0.25, 0.3) is 55.3 Å². The second-order valence-electron chi connectivity index (χ2n) is 16.9. The first-order valence-corrected chi connectivity index (χ1v) is 20.9. The highest BCUT2D eigenvalue weighted by Gasteiger charge is 2.52. The summed E-state index contributed by atoms with van der Waals surface area (Å²) in [5.41, 5.74) is 20.2. The maximum atomic E-state index is 6.40. The lowest BCUT2D eigenvalue weighted by Gasteiger charge is -2.36. The van der Waals surface area contributed by atoms with Gasteiger partial charge in [-0.15, -0.1) is 0 Å². The molecule has 2 heteroatoms. The van der Waals surface area contributed by atoms with Crippen LogP contribution >= 0.6 is 0 Å².